The highest BCUT2D eigenvalue weighted by atomic mass is 79.9. The molecule has 3 N–H and O–H groups in total. The minimum absolute atomic E-state index is 0.0827. The van der Waals surface area contributed by atoms with Crippen molar-refractivity contribution in [3.63, 3.8) is 0 Å². The van der Waals surface area contributed by atoms with Gasteiger partial charge in [-0.05, 0) is 79.2 Å². The molecule has 0 aliphatic carbocycles. The van der Waals surface area contributed by atoms with Gasteiger partial charge in [-0.3, -0.25) is 14.4 Å². The van der Waals surface area contributed by atoms with Gasteiger partial charge in [0, 0.05) is 31.3 Å². The highest BCUT2D eigenvalue weighted by Crippen LogP contribution is 2.27. The van der Waals surface area contributed by atoms with E-state index in [2.05, 4.69) is 31.9 Å². The largest absolute Gasteiger partial charge is 0.325 e. The topological polar surface area (TPSA) is 87.3 Å². The Labute approximate surface area is 250 Å². The van der Waals surface area contributed by atoms with E-state index in [1.807, 2.05) is 36.4 Å². The second kappa shape index (κ2) is 14.0. The first-order valence-corrected chi connectivity index (χ1v) is 14.3. The van der Waals surface area contributed by atoms with E-state index in [0.29, 0.717) is 22.0 Å². The maximum Gasteiger partial charge on any atom is 0.272 e. The molecule has 202 valence electrons. The molecule has 0 fully saturated rings. The number of anilines is 2. The summed E-state index contributed by atoms with van der Waals surface area (Å²) in [5, 5.41) is 8.58. The van der Waals surface area contributed by atoms with Crippen molar-refractivity contribution in [3.05, 3.63) is 129 Å². The first-order chi connectivity index (χ1) is 19.3. The molecule has 4 aromatic carbocycles. The summed E-state index contributed by atoms with van der Waals surface area (Å²) in [5.41, 5.74) is 2.38. The van der Waals surface area contributed by atoms with E-state index in [-0.39, 0.29) is 11.6 Å². The van der Waals surface area contributed by atoms with E-state index in [9.17, 15) is 14.4 Å². The number of hydrogen-bond acceptors (Lipinski definition) is 4. The standard InChI is InChI=1S/C31H25BrClN3O3S/c1-20(29(37)34-25-13-6-12-24(33)18-25)40-27-15-7-14-26(19-27)35-31(39)28(17-21-8-5-11-23(32)16-21)36-30(38)22-9-3-2-4-10-22/h2-20H,1H3,(H,34,37)(H,35,39)(H,36,38)/b28-17+. The van der Waals surface area contributed by atoms with Gasteiger partial charge in [0.15, 0.2) is 0 Å². The lowest BCUT2D eigenvalue weighted by molar-refractivity contribution is -0.115. The lowest BCUT2D eigenvalue weighted by atomic mass is 10.1. The molecule has 1 unspecified atom stereocenters. The summed E-state index contributed by atoms with van der Waals surface area (Å²) in [6.45, 7) is 1.80. The summed E-state index contributed by atoms with van der Waals surface area (Å²) in [6, 6.07) is 30.2. The molecule has 0 heterocycles. The fourth-order valence-corrected chi connectivity index (χ4v) is 5.15. The van der Waals surface area contributed by atoms with Crippen LogP contribution in [-0.4, -0.2) is 23.0 Å². The third-order valence-electron chi connectivity index (χ3n) is 5.55. The molecular weight excluding hydrogens is 610 g/mol. The van der Waals surface area contributed by atoms with E-state index in [0.717, 1.165) is 14.9 Å². The van der Waals surface area contributed by atoms with Crippen LogP contribution in [0.1, 0.15) is 22.8 Å². The summed E-state index contributed by atoms with van der Waals surface area (Å²) in [6.07, 6.45) is 1.61. The monoisotopic (exact) mass is 633 g/mol. The Morgan fingerprint density at radius 2 is 1.52 bits per heavy atom. The van der Waals surface area contributed by atoms with Gasteiger partial charge < -0.3 is 16.0 Å². The number of hydrogen-bond donors (Lipinski definition) is 3. The summed E-state index contributed by atoms with van der Waals surface area (Å²) >= 11 is 10.8. The number of carbonyl (C=O) groups is 3. The average Bonchev–Trinajstić information content (AvgIpc) is 2.93. The van der Waals surface area contributed by atoms with Gasteiger partial charge in [0.2, 0.25) is 5.91 Å². The molecule has 6 nitrogen and oxygen atoms in total. The first kappa shape index (κ1) is 29.1. The lowest BCUT2D eigenvalue weighted by Gasteiger charge is -2.14. The third kappa shape index (κ3) is 8.58. The fourth-order valence-electron chi connectivity index (χ4n) is 3.62. The highest BCUT2D eigenvalue weighted by molar-refractivity contribution is 9.10. The van der Waals surface area contributed by atoms with Crippen LogP contribution in [-0.2, 0) is 9.59 Å². The van der Waals surface area contributed by atoms with Gasteiger partial charge in [-0.15, -0.1) is 11.8 Å². The van der Waals surface area contributed by atoms with Gasteiger partial charge >= 0.3 is 0 Å². The van der Waals surface area contributed by atoms with Crippen LogP contribution in [0.15, 0.2) is 118 Å². The molecule has 0 radical (unpaired) electrons. The molecule has 0 aliphatic heterocycles. The number of carbonyl (C=O) groups excluding carboxylic acids is 3. The average molecular weight is 635 g/mol. The fraction of sp³-hybridized carbons (Fsp3) is 0.0645. The molecule has 4 rings (SSSR count). The Kier molecular flexibility index (Phi) is 10.2. The van der Waals surface area contributed by atoms with Gasteiger partial charge in [-0.1, -0.05) is 70.0 Å². The van der Waals surface area contributed by atoms with Crippen molar-refractivity contribution in [2.45, 2.75) is 17.1 Å². The second-order valence-electron chi connectivity index (χ2n) is 8.67. The van der Waals surface area contributed by atoms with Crippen molar-refractivity contribution in [1.82, 2.24) is 5.32 Å². The zero-order chi connectivity index (χ0) is 28.5. The molecule has 0 saturated heterocycles. The maximum absolute atomic E-state index is 13.4. The van der Waals surface area contributed by atoms with Gasteiger partial charge in [-0.2, -0.15) is 0 Å². The molecule has 40 heavy (non-hydrogen) atoms. The molecule has 0 aliphatic rings. The molecular formula is C31H25BrClN3O3S. The van der Waals surface area contributed by atoms with Crippen LogP contribution in [0.5, 0.6) is 0 Å². The van der Waals surface area contributed by atoms with Crippen LogP contribution >= 0.6 is 39.3 Å². The van der Waals surface area contributed by atoms with Crippen molar-refractivity contribution < 1.29 is 14.4 Å². The molecule has 0 spiro atoms. The van der Waals surface area contributed by atoms with Crippen molar-refractivity contribution in [1.29, 1.82) is 0 Å². The van der Waals surface area contributed by atoms with E-state index < -0.39 is 17.1 Å². The van der Waals surface area contributed by atoms with Gasteiger partial charge in [0.1, 0.15) is 5.70 Å². The predicted octanol–water partition coefficient (Wildman–Crippen LogP) is 7.63. The minimum atomic E-state index is -0.488. The molecule has 0 aromatic heterocycles. The number of thioether (sulfide) groups is 1. The third-order valence-corrected chi connectivity index (χ3v) is 7.38. The normalized spacial score (nSPS) is 11.8. The molecule has 0 saturated carbocycles. The SMILES string of the molecule is CC(Sc1cccc(NC(=O)/C(=C\c2cccc(Br)c2)NC(=O)c2ccccc2)c1)C(=O)Nc1cccc(Cl)c1. The summed E-state index contributed by atoms with van der Waals surface area (Å²) in [7, 11) is 0. The number of benzene rings is 4. The zero-order valence-electron chi connectivity index (χ0n) is 21.4. The summed E-state index contributed by atoms with van der Waals surface area (Å²) in [4.78, 5) is 39.7. The maximum atomic E-state index is 13.4. The van der Waals surface area contributed by atoms with Crippen LogP contribution in [0.2, 0.25) is 5.02 Å². The van der Waals surface area contributed by atoms with Crippen LogP contribution < -0.4 is 16.0 Å². The Balaban J connectivity index is 1.48. The van der Waals surface area contributed by atoms with E-state index in [4.69, 9.17) is 11.6 Å². The number of nitrogens with one attached hydrogen (secondary N) is 3. The quantitative estimate of drug-likeness (QED) is 0.131. The van der Waals surface area contributed by atoms with Gasteiger partial charge in [0.25, 0.3) is 11.8 Å². The van der Waals surface area contributed by atoms with Crippen LogP contribution in [0.3, 0.4) is 0 Å². The number of amides is 3. The highest BCUT2D eigenvalue weighted by Gasteiger charge is 2.17. The first-order valence-electron chi connectivity index (χ1n) is 12.2. The Morgan fingerprint density at radius 3 is 2.25 bits per heavy atom. The van der Waals surface area contributed by atoms with Crippen molar-refractivity contribution in [2.24, 2.45) is 0 Å². The Hall–Kier alpha value is -3.85. The predicted molar refractivity (Wildman–Crippen MR) is 166 cm³/mol. The van der Waals surface area contributed by atoms with Gasteiger partial charge in [-0.25, -0.2) is 0 Å². The lowest BCUT2D eigenvalue weighted by Crippen LogP contribution is -2.30. The van der Waals surface area contributed by atoms with Crippen molar-refractivity contribution >= 4 is 74.5 Å². The van der Waals surface area contributed by atoms with Gasteiger partial charge in [0.05, 0.1) is 5.25 Å². The summed E-state index contributed by atoms with van der Waals surface area (Å²) in [5.74, 6) is -1.07. The molecule has 0 bridgehead atoms. The number of halogens is 2. The van der Waals surface area contributed by atoms with Crippen LogP contribution in [0, 0.1) is 0 Å². The second-order valence-corrected chi connectivity index (χ2v) is 11.4. The Morgan fingerprint density at radius 1 is 0.825 bits per heavy atom. The van der Waals surface area contributed by atoms with Crippen molar-refractivity contribution in [2.75, 3.05) is 10.6 Å². The molecule has 1 atom stereocenters. The van der Waals surface area contributed by atoms with Crippen molar-refractivity contribution in [3.8, 4) is 0 Å². The summed E-state index contributed by atoms with van der Waals surface area (Å²) < 4.78 is 0.841. The van der Waals surface area contributed by atoms with Crippen LogP contribution in [0.4, 0.5) is 11.4 Å². The minimum Gasteiger partial charge on any atom is -0.325 e. The molecule has 3 amide bonds. The Bertz CT molecular complexity index is 1560. The smallest absolute Gasteiger partial charge is 0.272 e. The number of rotatable bonds is 9. The van der Waals surface area contributed by atoms with E-state index in [1.54, 1.807) is 79.7 Å². The van der Waals surface area contributed by atoms with E-state index in [1.165, 1.54) is 11.8 Å². The molecule has 4 aromatic rings. The van der Waals surface area contributed by atoms with E-state index >= 15 is 0 Å². The molecule has 9 heteroatoms. The van der Waals surface area contributed by atoms with Crippen LogP contribution in [0.25, 0.3) is 6.08 Å². The zero-order valence-corrected chi connectivity index (χ0v) is 24.5.